The molecule has 3 aliphatic rings. The quantitative estimate of drug-likeness (QED) is 0.745. The number of nitrogen functional groups attached to an aromatic ring is 1. The van der Waals surface area contributed by atoms with Crippen LogP contribution in [0.5, 0.6) is 0 Å². The Kier molecular flexibility index (Phi) is 1.79. The van der Waals surface area contributed by atoms with Crippen LogP contribution in [0.15, 0.2) is 18.2 Å². The van der Waals surface area contributed by atoms with E-state index < -0.39 is 5.82 Å². The van der Waals surface area contributed by atoms with Crippen molar-refractivity contribution in [1.29, 1.82) is 0 Å². The summed E-state index contributed by atoms with van der Waals surface area (Å²) in [6, 6.07) is 4.16. The molecule has 0 aliphatic heterocycles. The Hall–Kier alpha value is -1.58. The van der Waals surface area contributed by atoms with E-state index in [0.717, 1.165) is 25.2 Å². The molecule has 16 heavy (non-hydrogen) atoms. The molecule has 0 saturated heterocycles. The Morgan fingerprint density at radius 1 is 1.44 bits per heavy atom. The van der Waals surface area contributed by atoms with Crippen molar-refractivity contribution >= 4 is 11.6 Å². The van der Waals surface area contributed by atoms with Crippen molar-refractivity contribution in [1.82, 2.24) is 5.32 Å². The molecule has 0 heterocycles. The van der Waals surface area contributed by atoms with Gasteiger partial charge in [-0.3, -0.25) is 4.79 Å². The summed E-state index contributed by atoms with van der Waals surface area (Å²) < 4.78 is 13.5. The van der Waals surface area contributed by atoms with Gasteiger partial charge in [0.25, 0.3) is 5.91 Å². The van der Waals surface area contributed by atoms with Crippen LogP contribution >= 0.6 is 0 Å². The second-order valence-corrected chi connectivity index (χ2v) is 4.95. The first-order valence-electron chi connectivity index (χ1n) is 5.46. The molecular weight excluding hydrogens is 207 g/mol. The van der Waals surface area contributed by atoms with Crippen molar-refractivity contribution in [3.05, 3.63) is 29.6 Å². The van der Waals surface area contributed by atoms with Crippen LogP contribution in [0.1, 0.15) is 29.6 Å². The standard InChI is InChI=1S/C12H13FN2O/c13-10-3-8(14)1-2-9(10)11(16)15-12-4-7(5-12)6-12/h1-3,7H,4-6,14H2,(H,15,16). The van der Waals surface area contributed by atoms with Crippen LogP contribution in [0.3, 0.4) is 0 Å². The van der Waals surface area contributed by atoms with E-state index in [1.807, 2.05) is 0 Å². The van der Waals surface area contributed by atoms with Crippen molar-refractivity contribution in [2.75, 3.05) is 5.73 Å². The molecule has 4 rings (SSSR count). The van der Waals surface area contributed by atoms with E-state index in [2.05, 4.69) is 5.32 Å². The number of amides is 1. The number of rotatable bonds is 2. The Labute approximate surface area is 92.8 Å². The molecule has 0 radical (unpaired) electrons. The second-order valence-electron chi connectivity index (χ2n) is 4.95. The average Bonchev–Trinajstić information content (AvgIpc) is 2.09. The molecule has 3 saturated carbocycles. The predicted molar refractivity (Wildman–Crippen MR) is 58.4 cm³/mol. The summed E-state index contributed by atoms with van der Waals surface area (Å²) in [5, 5.41) is 2.92. The Balaban J connectivity index is 1.78. The first-order valence-corrected chi connectivity index (χ1v) is 5.46. The number of anilines is 1. The number of benzene rings is 1. The fourth-order valence-electron chi connectivity index (χ4n) is 2.66. The van der Waals surface area contributed by atoms with Crippen LogP contribution in [0, 0.1) is 11.7 Å². The van der Waals surface area contributed by atoms with Gasteiger partial charge in [-0.2, -0.15) is 0 Å². The lowest BCUT2D eigenvalue weighted by atomic mass is 9.50. The van der Waals surface area contributed by atoms with Crippen molar-refractivity contribution in [3.8, 4) is 0 Å². The number of hydrogen-bond donors (Lipinski definition) is 2. The van der Waals surface area contributed by atoms with E-state index in [1.165, 1.54) is 12.1 Å². The zero-order valence-corrected chi connectivity index (χ0v) is 8.79. The highest BCUT2D eigenvalue weighted by molar-refractivity contribution is 5.95. The molecule has 1 aromatic carbocycles. The van der Waals surface area contributed by atoms with Crippen LogP contribution in [-0.2, 0) is 0 Å². The molecule has 84 valence electrons. The molecule has 0 aromatic heterocycles. The van der Waals surface area contributed by atoms with Gasteiger partial charge in [-0.15, -0.1) is 0 Å². The summed E-state index contributed by atoms with van der Waals surface area (Å²) in [5.41, 5.74) is 5.83. The van der Waals surface area contributed by atoms with Gasteiger partial charge in [0, 0.05) is 11.2 Å². The number of nitrogens with two attached hydrogens (primary N) is 1. The van der Waals surface area contributed by atoms with E-state index in [-0.39, 0.29) is 17.0 Å². The average molecular weight is 220 g/mol. The summed E-state index contributed by atoms with van der Waals surface area (Å²) in [4.78, 5) is 11.8. The minimum absolute atomic E-state index is 0.0183. The molecule has 3 nitrogen and oxygen atoms in total. The maximum absolute atomic E-state index is 13.5. The summed E-state index contributed by atoms with van der Waals surface area (Å²) >= 11 is 0. The maximum Gasteiger partial charge on any atom is 0.254 e. The Morgan fingerprint density at radius 2 is 2.12 bits per heavy atom. The van der Waals surface area contributed by atoms with Gasteiger partial charge >= 0.3 is 0 Å². The van der Waals surface area contributed by atoms with Gasteiger partial charge in [0.1, 0.15) is 5.82 Å². The molecule has 1 amide bonds. The summed E-state index contributed by atoms with van der Waals surface area (Å²) in [6.45, 7) is 0. The van der Waals surface area contributed by atoms with Gasteiger partial charge < -0.3 is 11.1 Å². The van der Waals surface area contributed by atoms with Crippen LogP contribution in [-0.4, -0.2) is 11.4 Å². The van der Waals surface area contributed by atoms with Crippen molar-refractivity contribution in [3.63, 3.8) is 0 Å². The summed E-state index contributed by atoms with van der Waals surface area (Å²) in [7, 11) is 0. The number of hydrogen-bond acceptors (Lipinski definition) is 2. The van der Waals surface area contributed by atoms with Gasteiger partial charge in [-0.25, -0.2) is 4.39 Å². The molecule has 3 aliphatic carbocycles. The third-order valence-corrected chi connectivity index (χ3v) is 3.65. The van der Waals surface area contributed by atoms with Gasteiger partial charge in [0.15, 0.2) is 0 Å². The number of halogens is 1. The van der Waals surface area contributed by atoms with Crippen LogP contribution in [0.25, 0.3) is 0 Å². The van der Waals surface area contributed by atoms with Crippen molar-refractivity contribution in [2.24, 2.45) is 5.92 Å². The fraction of sp³-hybridized carbons (Fsp3) is 0.417. The lowest BCUT2D eigenvalue weighted by molar-refractivity contribution is -0.0439. The smallest absolute Gasteiger partial charge is 0.254 e. The molecule has 4 heteroatoms. The van der Waals surface area contributed by atoms with E-state index >= 15 is 0 Å². The van der Waals surface area contributed by atoms with E-state index in [1.54, 1.807) is 6.07 Å². The van der Waals surface area contributed by atoms with E-state index in [4.69, 9.17) is 5.73 Å². The molecular formula is C12H13FN2O. The minimum atomic E-state index is -0.552. The van der Waals surface area contributed by atoms with E-state index in [0.29, 0.717) is 5.69 Å². The highest BCUT2D eigenvalue weighted by atomic mass is 19.1. The predicted octanol–water partition coefficient (Wildman–Crippen LogP) is 1.69. The molecule has 2 bridgehead atoms. The molecule has 0 atom stereocenters. The zero-order valence-electron chi connectivity index (χ0n) is 8.79. The van der Waals surface area contributed by atoms with Crippen molar-refractivity contribution < 1.29 is 9.18 Å². The topological polar surface area (TPSA) is 55.1 Å². The largest absolute Gasteiger partial charge is 0.399 e. The Bertz CT molecular complexity index is 455. The molecule has 3 N–H and O–H groups in total. The third-order valence-electron chi connectivity index (χ3n) is 3.65. The highest BCUT2D eigenvalue weighted by Crippen LogP contribution is 2.56. The second kappa shape index (κ2) is 2.97. The zero-order chi connectivity index (χ0) is 11.3. The first kappa shape index (κ1) is 9.63. The molecule has 3 fully saturated rings. The van der Waals surface area contributed by atoms with Gasteiger partial charge in [0.05, 0.1) is 5.56 Å². The maximum atomic E-state index is 13.5. The lowest BCUT2D eigenvalue weighted by Crippen LogP contribution is -2.68. The fourth-order valence-corrected chi connectivity index (χ4v) is 2.66. The number of carbonyl (C=O) groups excluding carboxylic acids is 1. The molecule has 0 unspecified atom stereocenters. The van der Waals surface area contributed by atoms with Crippen LogP contribution in [0.2, 0.25) is 0 Å². The molecule has 1 aromatic rings. The number of carbonyl (C=O) groups is 1. The Morgan fingerprint density at radius 3 is 2.62 bits per heavy atom. The van der Waals surface area contributed by atoms with Crippen LogP contribution < -0.4 is 11.1 Å². The van der Waals surface area contributed by atoms with Gasteiger partial charge in [-0.1, -0.05) is 0 Å². The summed E-state index contributed by atoms with van der Waals surface area (Å²) in [6.07, 6.45) is 3.15. The SMILES string of the molecule is Nc1ccc(C(=O)NC23CC(C2)C3)c(F)c1. The lowest BCUT2D eigenvalue weighted by Gasteiger charge is -2.61. The monoisotopic (exact) mass is 220 g/mol. The third kappa shape index (κ3) is 1.29. The van der Waals surface area contributed by atoms with Crippen molar-refractivity contribution in [2.45, 2.75) is 24.8 Å². The van der Waals surface area contributed by atoms with Crippen LogP contribution in [0.4, 0.5) is 10.1 Å². The molecule has 0 spiro atoms. The minimum Gasteiger partial charge on any atom is -0.399 e. The summed E-state index contributed by atoms with van der Waals surface area (Å²) in [5.74, 6) is -0.0867. The highest BCUT2D eigenvalue weighted by Gasteiger charge is 2.57. The van der Waals surface area contributed by atoms with Gasteiger partial charge in [-0.05, 0) is 43.4 Å². The van der Waals surface area contributed by atoms with Gasteiger partial charge in [0.2, 0.25) is 0 Å². The first-order chi connectivity index (χ1) is 7.58. The van der Waals surface area contributed by atoms with E-state index in [9.17, 15) is 9.18 Å². The normalized spacial score (nSPS) is 30.2. The number of nitrogens with one attached hydrogen (secondary N) is 1.